The standard InChI is InChI=1S/C17H21N3O4/c1-10-13(5-7-22-10)15-9-16(20-24-15)19-17(21)18-12-4-6-23-14(8-12)11-2-3-11/h5,7,9,11-12,14H,2-4,6,8H2,1H3,(H2,18,19,20,21)/t12-,14-/m1/s1. The molecule has 2 amide bonds. The molecule has 2 N–H and O–H groups in total. The number of ether oxygens (including phenoxy) is 1. The van der Waals surface area contributed by atoms with Gasteiger partial charge in [0.25, 0.3) is 0 Å². The fraction of sp³-hybridized carbons (Fsp3) is 0.529. The summed E-state index contributed by atoms with van der Waals surface area (Å²) in [4.78, 5) is 12.2. The van der Waals surface area contributed by atoms with Gasteiger partial charge in [0.2, 0.25) is 0 Å². The molecule has 0 spiro atoms. The third-order valence-electron chi connectivity index (χ3n) is 4.67. The van der Waals surface area contributed by atoms with Crippen LogP contribution < -0.4 is 10.6 Å². The fourth-order valence-corrected chi connectivity index (χ4v) is 3.20. The minimum Gasteiger partial charge on any atom is -0.469 e. The van der Waals surface area contributed by atoms with Crippen LogP contribution in [0.15, 0.2) is 27.3 Å². The number of urea groups is 1. The van der Waals surface area contributed by atoms with Gasteiger partial charge >= 0.3 is 6.03 Å². The van der Waals surface area contributed by atoms with Crippen molar-refractivity contribution >= 4 is 11.8 Å². The maximum absolute atomic E-state index is 12.2. The van der Waals surface area contributed by atoms with Gasteiger partial charge in [-0.05, 0) is 44.6 Å². The van der Waals surface area contributed by atoms with E-state index in [2.05, 4.69) is 15.8 Å². The summed E-state index contributed by atoms with van der Waals surface area (Å²) in [5, 5.41) is 9.62. The van der Waals surface area contributed by atoms with Crippen LogP contribution in [-0.4, -0.2) is 29.9 Å². The molecule has 1 saturated carbocycles. The van der Waals surface area contributed by atoms with Crippen LogP contribution in [0.2, 0.25) is 0 Å². The van der Waals surface area contributed by atoms with Crippen LogP contribution in [0.1, 0.15) is 31.4 Å². The summed E-state index contributed by atoms with van der Waals surface area (Å²) in [6.45, 7) is 2.55. The van der Waals surface area contributed by atoms with Gasteiger partial charge in [0.1, 0.15) is 5.76 Å². The van der Waals surface area contributed by atoms with E-state index in [1.54, 1.807) is 18.4 Å². The van der Waals surface area contributed by atoms with Crippen LogP contribution in [0.25, 0.3) is 11.3 Å². The Kier molecular flexibility index (Phi) is 4.02. The molecule has 7 heteroatoms. The molecule has 7 nitrogen and oxygen atoms in total. The van der Waals surface area contributed by atoms with E-state index in [0.717, 1.165) is 24.2 Å². The summed E-state index contributed by atoms with van der Waals surface area (Å²) in [5.74, 6) is 2.38. The third kappa shape index (κ3) is 3.31. The summed E-state index contributed by atoms with van der Waals surface area (Å²) in [6, 6.07) is 3.38. The van der Waals surface area contributed by atoms with Crippen LogP contribution in [0.4, 0.5) is 10.6 Å². The highest BCUT2D eigenvalue weighted by atomic mass is 16.5. The second-order valence-corrected chi connectivity index (χ2v) is 6.53. The average molecular weight is 331 g/mol. The fourth-order valence-electron chi connectivity index (χ4n) is 3.20. The summed E-state index contributed by atoms with van der Waals surface area (Å²) < 4.78 is 16.3. The molecule has 0 unspecified atom stereocenters. The normalized spacial score (nSPS) is 23.9. The van der Waals surface area contributed by atoms with E-state index in [9.17, 15) is 4.79 Å². The zero-order valence-electron chi connectivity index (χ0n) is 13.6. The Morgan fingerprint density at radius 1 is 1.33 bits per heavy atom. The lowest BCUT2D eigenvalue weighted by Gasteiger charge is -2.30. The Bertz CT molecular complexity index is 719. The molecule has 0 bridgehead atoms. The lowest BCUT2D eigenvalue weighted by molar-refractivity contribution is -0.00890. The number of furan rings is 1. The lowest BCUT2D eigenvalue weighted by Crippen LogP contribution is -2.44. The Labute approximate surface area is 139 Å². The number of amides is 2. The van der Waals surface area contributed by atoms with Crippen LogP contribution in [-0.2, 0) is 4.74 Å². The third-order valence-corrected chi connectivity index (χ3v) is 4.67. The number of nitrogens with one attached hydrogen (secondary N) is 2. The maximum Gasteiger partial charge on any atom is 0.320 e. The van der Waals surface area contributed by atoms with Gasteiger partial charge in [0.05, 0.1) is 17.9 Å². The zero-order valence-corrected chi connectivity index (χ0v) is 13.6. The van der Waals surface area contributed by atoms with Gasteiger partial charge in [-0.3, -0.25) is 5.32 Å². The molecule has 0 radical (unpaired) electrons. The molecular weight excluding hydrogens is 310 g/mol. The molecule has 2 aromatic rings. The van der Waals surface area contributed by atoms with Crippen molar-refractivity contribution in [2.75, 3.05) is 11.9 Å². The molecular formula is C17H21N3O4. The van der Waals surface area contributed by atoms with E-state index >= 15 is 0 Å². The highest BCUT2D eigenvalue weighted by molar-refractivity contribution is 5.88. The predicted molar refractivity (Wildman–Crippen MR) is 86.6 cm³/mol. The average Bonchev–Trinajstić information content (AvgIpc) is 3.18. The van der Waals surface area contributed by atoms with E-state index in [1.807, 2.05) is 6.92 Å². The molecule has 3 heterocycles. The largest absolute Gasteiger partial charge is 0.469 e. The van der Waals surface area contributed by atoms with Crippen LogP contribution in [0.3, 0.4) is 0 Å². The Hall–Kier alpha value is -2.28. The van der Waals surface area contributed by atoms with E-state index < -0.39 is 0 Å². The van der Waals surface area contributed by atoms with Gasteiger partial charge in [-0.2, -0.15) is 0 Å². The van der Waals surface area contributed by atoms with Gasteiger partial charge in [0, 0.05) is 18.7 Å². The highest BCUT2D eigenvalue weighted by Crippen LogP contribution is 2.38. The predicted octanol–water partition coefficient (Wildman–Crippen LogP) is 3.32. The molecule has 2 aromatic heterocycles. The highest BCUT2D eigenvalue weighted by Gasteiger charge is 2.36. The van der Waals surface area contributed by atoms with Crippen molar-refractivity contribution in [3.8, 4) is 11.3 Å². The number of carbonyl (C=O) groups excluding carboxylic acids is 1. The second-order valence-electron chi connectivity index (χ2n) is 6.53. The molecule has 4 rings (SSSR count). The maximum atomic E-state index is 12.2. The monoisotopic (exact) mass is 331 g/mol. The van der Waals surface area contributed by atoms with Crippen molar-refractivity contribution < 1.29 is 18.5 Å². The first-order valence-corrected chi connectivity index (χ1v) is 8.39. The van der Waals surface area contributed by atoms with Crippen molar-refractivity contribution in [3.05, 3.63) is 24.2 Å². The zero-order chi connectivity index (χ0) is 16.5. The van der Waals surface area contributed by atoms with E-state index in [1.165, 1.54) is 12.8 Å². The van der Waals surface area contributed by atoms with E-state index in [-0.39, 0.29) is 12.1 Å². The molecule has 128 valence electrons. The van der Waals surface area contributed by atoms with Crippen molar-refractivity contribution in [3.63, 3.8) is 0 Å². The SMILES string of the molecule is Cc1occc1-c1cc(NC(=O)N[C@@H]2CCO[C@@H](C3CC3)C2)no1. The Balaban J connectivity index is 1.33. The summed E-state index contributed by atoms with van der Waals surface area (Å²) in [5.41, 5.74) is 0.827. The molecule has 1 saturated heterocycles. The minimum atomic E-state index is -0.264. The van der Waals surface area contributed by atoms with Crippen LogP contribution in [0.5, 0.6) is 0 Å². The first-order valence-electron chi connectivity index (χ1n) is 8.39. The number of carbonyl (C=O) groups is 1. The Morgan fingerprint density at radius 3 is 2.96 bits per heavy atom. The molecule has 24 heavy (non-hydrogen) atoms. The Morgan fingerprint density at radius 2 is 2.21 bits per heavy atom. The molecule has 2 fully saturated rings. The summed E-state index contributed by atoms with van der Waals surface area (Å²) >= 11 is 0. The van der Waals surface area contributed by atoms with Gasteiger partial charge in [-0.1, -0.05) is 5.16 Å². The number of aryl methyl sites for hydroxylation is 1. The van der Waals surface area contributed by atoms with Gasteiger partial charge in [-0.15, -0.1) is 0 Å². The van der Waals surface area contributed by atoms with Crippen molar-refractivity contribution in [2.24, 2.45) is 5.92 Å². The second kappa shape index (κ2) is 6.32. The van der Waals surface area contributed by atoms with E-state index in [0.29, 0.717) is 30.2 Å². The summed E-state index contributed by atoms with van der Waals surface area (Å²) in [6.07, 6.45) is 6.11. The number of rotatable bonds is 4. The molecule has 1 aliphatic carbocycles. The summed E-state index contributed by atoms with van der Waals surface area (Å²) in [7, 11) is 0. The van der Waals surface area contributed by atoms with Gasteiger partial charge < -0.3 is 19.0 Å². The lowest BCUT2D eigenvalue weighted by atomic mass is 10.0. The first kappa shape index (κ1) is 15.3. The van der Waals surface area contributed by atoms with Crippen molar-refractivity contribution in [2.45, 2.75) is 44.8 Å². The molecule has 0 aromatic carbocycles. The number of hydrogen-bond donors (Lipinski definition) is 2. The minimum absolute atomic E-state index is 0.145. The molecule has 1 aliphatic heterocycles. The quantitative estimate of drug-likeness (QED) is 0.897. The molecule has 2 atom stereocenters. The smallest absolute Gasteiger partial charge is 0.320 e. The van der Waals surface area contributed by atoms with Crippen LogP contribution in [0, 0.1) is 12.8 Å². The first-order chi connectivity index (χ1) is 11.7. The van der Waals surface area contributed by atoms with E-state index in [4.69, 9.17) is 13.7 Å². The van der Waals surface area contributed by atoms with Gasteiger partial charge in [0.15, 0.2) is 11.6 Å². The van der Waals surface area contributed by atoms with Crippen LogP contribution >= 0.6 is 0 Å². The van der Waals surface area contributed by atoms with Gasteiger partial charge in [-0.25, -0.2) is 4.79 Å². The van der Waals surface area contributed by atoms with Crippen molar-refractivity contribution in [1.29, 1.82) is 0 Å². The van der Waals surface area contributed by atoms with Crippen molar-refractivity contribution in [1.82, 2.24) is 10.5 Å². The number of hydrogen-bond acceptors (Lipinski definition) is 5. The molecule has 2 aliphatic rings. The number of aromatic nitrogens is 1. The number of nitrogens with zero attached hydrogens (tertiary/aromatic N) is 1. The number of anilines is 1. The topological polar surface area (TPSA) is 89.5 Å².